The van der Waals surface area contributed by atoms with Crippen molar-refractivity contribution < 1.29 is 29.2 Å². The van der Waals surface area contributed by atoms with E-state index in [0.717, 1.165) is 6.42 Å². The smallest absolute Gasteiger partial charge is 0.101 e. The van der Waals surface area contributed by atoms with Crippen LogP contribution in [0.2, 0.25) is 0 Å². The second-order valence-corrected chi connectivity index (χ2v) is 9.06. The third kappa shape index (κ3) is 29.7. The molecule has 0 amide bonds. The molecular formula is C27H56O6. The lowest BCUT2D eigenvalue weighted by molar-refractivity contribution is -0.0376. The molecule has 0 rings (SSSR count). The van der Waals surface area contributed by atoms with Crippen LogP contribution in [0.3, 0.4) is 0 Å². The topological polar surface area (TPSA) is 77.4 Å². The molecule has 6 nitrogen and oxygen atoms in total. The first-order chi connectivity index (χ1) is 16.3. The van der Waals surface area contributed by atoms with Crippen molar-refractivity contribution in [3.63, 3.8) is 0 Å². The van der Waals surface area contributed by atoms with Crippen molar-refractivity contribution in [2.24, 2.45) is 0 Å². The molecule has 0 aliphatic heterocycles. The molecule has 0 aliphatic carbocycles. The van der Waals surface area contributed by atoms with Crippen molar-refractivity contribution >= 4 is 0 Å². The van der Waals surface area contributed by atoms with Crippen molar-refractivity contribution in [3.8, 4) is 0 Å². The number of rotatable bonds is 29. The zero-order valence-electron chi connectivity index (χ0n) is 21.8. The van der Waals surface area contributed by atoms with Gasteiger partial charge in [-0.3, -0.25) is 0 Å². The van der Waals surface area contributed by atoms with Crippen LogP contribution in [0.5, 0.6) is 0 Å². The van der Waals surface area contributed by atoms with Gasteiger partial charge in [-0.1, -0.05) is 103 Å². The molecule has 200 valence electrons. The molecule has 6 heteroatoms. The van der Waals surface area contributed by atoms with E-state index < -0.39 is 6.10 Å². The monoisotopic (exact) mass is 476 g/mol. The van der Waals surface area contributed by atoms with Crippen LogP contribution in [0.1, 0.15) is 110 Å². The van der Waals surface area contributed by atoms with Gasteiger partial charge in [-0.05, 0) is 6.42 Å². The number of ether oxygens (including phenoxy) is 4. The minimum absolute atomic E-state index is 0.0303. The molecule has 0 radical (unpaired) electrons. The molecule has 0 heterocycles. The molecule has 0 saturated carbocycles. The Morgan fingerprint density at radius 1 is 0.455 bits per heavy atom. The van der Waals surface area contributed by atoms with Gasteiger partial charge < -0.3 is 29.2 Å². The van der Waals surface area contributed by atoms with Crippen molar-refractivity contribution in [1.82, 2.24) is 0 Å². The summed E-state index contributed by atoms with van der Waals surface area (Å²) in [4.78, 5) is 0. The van der Waals surface area contributed by atoms with Gasteiger partial charge in [0.05, 0.1) is 52.9 Å². The lowest BCUT2D eigenvalue weighted by atomic mass is 10.0. The van der Waals surface area contributed by atoms with Crippen molar-refractivity contribution in [2.45, 2.75) is 116 Å². The normalized spacial score (nSPS) is 12.5. The molecule has 0 aliphatic rings. The van der Waals surface area contributed by atoms with E-state index in [2.05, 4.69) is 6.92 Å². The quantitative estimate of drug-likeness (QED) is 0.136. The standard InChI is InChI=1S/C27H56O6/c1-2-3-4-5-6-7-8-9-10-11-12-13-14-15-16-17-19-32-25-27(29)26-33-24-23-31-22-21-30-20-18-28/h27-29H,2-26H2,1H3. The van der Waals surface area contributed by atoms with E-state index in [0.29, 0.717) is 46.2 Å². The summed E-state index contributed by atoms with van der Waals surface area (Å²) in [7, 11) is 0. The summed E-state index contributed by atoms with van der Waals surface area (Å²) in [5.41, 5.74) is 0. The maximum Gasteiger partial charge on any atom is 0.101 e. The first kappa shape index (κ1) is 32.8. The average Bonchev–Trinajstić information content (AvgIpc) is 2.82. The van der Waals surface area contributed by atoms with Crippen LogP contribution in [0.25, 0.3) is 0 Å². The molecule has 0 spiro atoms. The van der Waals surface area contributed by atoms with Gasteiger partial charge in [0.25, 0.3) is 0 Å². The highest BCUT2D eigenvalue weighted by Gasteiger charge is 2.04. The van der Waals surface area contributed by atoms with Crippen LogP contribution in [-0.2, 0) is 18.9 Å². The fraction of sp³-hybridized carbons (Fsp3) is 1.00. The number of aliphatic hydroxyl groups excluding tert-OH is 2. The molecule has 33 heavy (non-hydrogen) atoms. The van der Waals surface area contributed by atoms with Crippen LogP contribution in [0, 0.1) is 0 Å². The molecule has 1 atom stereocenters. The fourth-order valence-electron chi connectivity index (χ4n) is 3.74. The maximum absolute atomic E-state index is 9.85. The molecular weight excluding hydrogens is 420 g/mol. The highest BCUT2D eigenvalue weighted by atomic mass is 16.5. The summed E-state index contributed by atoms with van der Waals surface area (Å²) in [6, 6.07) is 0. The van der Waals surface area contributed by atoms with Crippen LogP contribution < -0.4 is 0 Å². The molecule has 1 unspecified atom stereocenters. The Morgan fingerprint density at radius 3 is 1.27 bits per heavy atom. The highest BCUT2D eigenvalue weighted by molar-refractivity contribution is 4.53. The summed E-state index contributed by atoms with van der Waals surface area (Å²) in [5.74, 6) is 0. The van der Waals surface area contributed by atoms with Gasteiger partial charge >= 0.3 is 0 Å². The lowest BCUT2D eigenvalue weighted by Crippen LogP contribution is -2.23. The Morgan fingerprint density at radius 2 is 0.818 bits per heavy atom. The maximum atomic E-state index is 9.85. The van der Waals surface area contributed by atoms with E-state index in [4.69, 9.17) is 24.1 Å². The predicted molar refractivity (Wildman–Crippen MR) is 136 cm³/mol. The molecule has 0 fully saturated rings. The summed E-state index contributed by atoms with van der Waals surface area (Å²) in [6.07, 6.45) is 21.3. The molecule has 0 aromatic rings. The Balaban J connectivity index is 3.11. The summed E-state index contributed by atoms with van der Waals surface area (Å²) in [5, 5.41) is 18.4. The van der Waals surface area contributed by atoms with Crippen LogP contribution >= 0.6 is 0 Å². The molecule has 2 N–H and O–H groups in total. The van der Waals surface area contributed by atoms with Gasteiger partial charge in [0.1, 0.15) is 6.10 Å². The Labute approximate surface area is 204 Å². The SMILES string of the molecule is CCCCCCCCCCCCCCCCCCOCC(O)COCCOCCOCCO. The van der Waals surface area contributed by atoms with Gasteiger partial charge in [-0.15, -0.1) is 0 Å². The van der Waals surface area contributed by atoms with E-state index in [-0.39, 0.29) is 13.2 Å². The van der Waals surface area contributed by atoms with E-state index in [1.165, 1.54) is 96.3 Å². The zero-order valence-corrected chi connectivity index (χ0v) is 21.8. The molecule has 0 bridgehead atoms. The average molecular weight is 477 g/mol. The molecule has 0 aromatic carbocycles. The number of hydrogen-bond acceptors (Lipinski definition) is 6. The number of aliphatic hydroxyl groups is 2. The van der Waals surface area contributed by atoms with Crippen LogP contribution in [0.4, 0.5) is 0 Å². The number of hydrogen-bond donors (Lipinski definition) is 2. The minimum Gasteiger partial charge on any atom is -0.394 e. The first-order valence-electron chi connectivity index (χ1n) is 13.9. The van der Waals surface area contributed by atoms with E-state index >= 15 is 0 Å². The van der Waals surface area contributed by atoms with Crippen molar-refractivity contribution in [2.75, 3.05) is 59.5 Å². The van der Waals surface area contributed by atoms with E-state index in [1.807, 2.05) is 0 Å². The first-order valence-corrected chi connectivity index (χ1v) is 13.9. The summed E-state index contributed by atoms with van der Waals surface area (Å²) >= 11 is 0. The fourth-order valence-corrected chi connectivity index (χ4v) is 3.74. The van der Waals surface area contributed by atoms with E-state index in [1.54, 1.807) is 0 Å². The highest BCUT2D eigenvalue weighted by Crippen LogP contribution is 2.13. The lowest BCUT2D eigenvalue weighted by Gasteiger charge is -2.12. The van der Waals surface area contributed by atoms with Crippen molar-refractivity contribution in [3.05, 3.63) is 0 Å². The summed E-state index contributed by atoms with van der Waals surface area (Å²) in [6.45, 7) is 5.82. The van der Waals surface area contributed by atoms with Gasteiger partial charge in [-0.25, -0.2) is 0 Å². The zero-order chi connectivity index (χ0) is 24.1. The van der Waals surface area contributed by atoms with Gasteiger partial charge in [0.15, 0.2) is 0 Å². The van der Waals surface area contributed by atoms with E-state index in [9.17, 15) is 5.11 Å². The third-order valence-electron chi connectivity index (χ3n) is 5.74. The summed E-state index contributed by atoms with van der Waals surface area (Å²) < 4.78 is 21.3. The molecule has 0 saturated heterocycles. The van der Waals surface area contributed by atoms with Crippen LogP contribution in [-0.4, -0.2) is 75.8 Å². The Kier molecular flexibility index (Phi) is 29.6. The minimum atomic E-state index is -0.584. The van der Waals surface area contributed by atoms with Crippen LogP contribution in [0.15, 0.2) is 0 Å². The van der Waals surface area contributed by atoms with Gasteiger partial charge in [-0.2, -0.15) is 0 Å². The van der Waals surface area contributed by atoms with Crippen molar-refractivity contribution in [1.29, 1.82) is 0 Å². The largest absolute Gasteiger partial charge is 0.394 e. The molecule has 0 aromatic heterocycles. The second kappa shape index (κ2) is 29.8. The van der Waals surface area contributed by atoms with Gasteiger partial charge in [0.2, 0.25) is 0 Å². The second-order valence-electron chi connectivity index (χ2n) is 9.06. The Hall–Kier alpha value is -0.240. The van der Waals surface area contributed by atoms with Gasteiger partial charge in [0, 0.05) is 6.61 Å². The Bertz CT molecular complexity index is 343. The number of unbranched alkanes of at least 4 members (excludes halogenated alkanes) is 15. The predicted octanol–water partition coefficient (Wildman–Crippen LogP) is 5.67. The third-order valence-corrected chi connectivity index (χ3v) is 5.74.